The van der Waals surface area contributed by atoms with E-state index in [0.717, 1.165) is 27.7 Å². The molecule has 2 nitrogen and oxygen atoms in total. The Bertz CT molecular complexity index is 640. The summed E-state index contributed by atoms with van der Waals surface area (Å²) in [5, 5.41) is 1.13. The minimum absolute atomic E-state index is 0.525. The molecule has 0 amide bonds. The van der Waals surface area contributed by atoms with Gasteiger partial charge < -0.3 is 10.2 Å². The van der Waals surface area contributed by atoms with Gasteiger partial charge in [-0.3, -0.25) is 0 Å². The number of fused-ring (bicyclic) bond motifs is 1. The van der Waals surface area contributed by atoms with Crippen LogP contribution in [-0.2, 0) is 6.54 Å². The maximum Gasteiger partial charge on any atom is 0.134 e. The van der Waals surface area contributed by atoms with Gasteiger partial charge in [-0.2, -0.15) is 0 Å². The largest absolute Gasteiger partial charge is 0.464 e. The van der Waals surface area contributed by atoms with Crippen LogP contribution in [0.15, 0.2) is 59.2 Å². The molecular formula is C15H13NO. The highest BCUT2D eigenvalue weighted by molar-refractivity contribution is 5.96. The molecule has 2 N–H and O–H groups in total. The fraction of sp³-hybridized carbons (Fsp3) is 0.0667. The first kappa shape index (κ1) is 10.1. The fourth-order valence-corrected chi connectivity index (χ4v) is 2.16. The van der Waals surface area contributed by atoms with Crippen LogP contribution in [0.1, 0.15) is 5.56 Å². The Kier molecular flexibility index (Phi) is 2.42. The van der Waals surface area contributed by atoms with Crippen molar-refractivity contribution in [3.8, 4) is 11.1 Å². The minimum atomic E-state index is 0.525. The number of furan rings is 1. The highest BCUT2D eigenvalue weighted by Crippen LogP contribution is 2.32. The molecule has 0 saturated heterocycles. The summed E-state index contributed by atoms with van der Waals surface area (Å²) >= 11 is 0. The third-order valence-electron chi connectivity index (χ3n) is 2.99. The lowest BCUT2D eigenvalue weighted by Crippen LogP contribution is -1.96. The summed E-state index contributed by atoms with van der Waals surface area (Å²) < 4.78 is 5.59. The predicted molar refractivity (Wildman–Crippen MR) is 69.5 cm³/mol. The molecule has 84 valence electrons. The number of benzene rings is 2. The SMILES string of the molecule is NCc1cccc2occ(-c3ccccc3)c12. The van der Waals surface area contributed by atoms with Gasteiger partial charge in [-0.25, -0.2) is 0 Å². The van der Waals surface area contributed by atoms with Crippen LogP contribution in [0, 0.1) is 0 Å². The summed E-state index contributed by atoms with van der Waals surface area (Å²) in [6.45, 7) is 0.525. The van der Waals surface area contributed by atoms with Crippen molar-refractivity contribution in [1.29, 1.82) is 0 Å². The Labute approximate surface area is 99.7 Å². The monoisotopic (exact) mass is 223 g/mol. The van der Waals surface area contributed by atoms with Crippen LogP contribution in [0.2, 0.25) is 0 Å². The number of rotatable bonds is 2. The molecule has 1 heterocycles. The second kappa shape index (κ2) is 4.07. The van der Waals surface area contributed by atoms with Gasteiger partial charge in [0.05, 0.1) is 6.26 Å². The summed E-state index contributed by atoms with van der Waals surface area (Å²) in [6, 6.07) is 16.2. The number of nitrogens with two attached hydrogens (primary N) is 1. The summed E-state index contributed by atoms with van der Waals surface area (Å²) in [4.78, 5) is 0. The van der Waals surface area contributed by atoms with Gasteiger partial charge in [-0.15, -0.1) is 0 Å². The summed E-state index contributed by atoms with van der Waals surface area (Å²) in [6.07, 6.45) is 1.80. The second-order valence-corrected chi connectivity index (χ2v) is 4.01. The molecule has 0 unspecified atom stereocenters. The van der Waals surface area contributed by atoms with Gasteiger partial charge in [0.1, 0.15) is 5.58 Å². The Hall–Kier alpha value is -2.06. The molecular weight excluding hydrogens is 210 g/mol. The van der Waals surface area contributed by atoms with Crippen molar-refractivity contribution in [2.75, 3.05) is 0 Å². The molecule has 0 fully saturated rings. The number of hydrogen-bond acceptors (Lipinski definition) is 2. The average molecular weight is 223 g/mol. The Balaban J connectivity index is 2.31. The van der Waals surface area contributed by atoms with Crippen molar-refractivity contribution in [3.63, 3.8) is 0 Å². The van der Waals surface area contributed by atoms with Gasteiger partial charge in [0.25, 0.3) is 0 Å². The van der Waals surface area contributed by atoms with Crippen molar-refractivity contribution in [2.24, 2.45) is 5.73 Å². The quantitative estimate of drug-likeness (QED) is 0.721. The van der Waals surface area contributed by atoms with E-state index in [1.165, 1.54) is 0 Å². The van der Waals surface area contributed by atoms with E-state index >= 15 is 0 Å². The third-order valence-corrected chi connectivity index (χ3v) is 2.99. The number of hydrogen-bond donors (Lipinski definition) is 1. The minimum Gasteiger partial charge on any atom is -0.464 e. The van der Waals surface area contributed by atoms with Crippen LogP contribution in [0.5, 0.6) is 0 Å². The van der Waals surface area contributed by atoms with Gasteiger partial charge in [-0.05, 0) is 17.2 Å². The van der Waals surface area contributed by atoms with E-state index < -0.39 is 0 Å². The highest BCUT2D eigenvalue weighted by atomic mass is 16.3. The van der Waals surface area contributed by atoms with Gasteiger partial charge >= 0.3 is 0 Å². The molecule has 0 bridgehead atoms. The molecule has 0 aliphatic rings. The van der Waals surface area contributed by atoms with Crippen molar-refractivity contribution < 1.29 is 4.42 Å². The van der Waals surface area contributed by atoms with E-state index in [-0.39, 0.29) is 0 Å². The zero-order valence-corrected chi connectivity index (χ0v) is 9.39. The van der Waals surface area contributed by atoms with Gasteiger partial charge in [0.2, 0.25) is 0 Å². The Morgan fingerprint density at radius 3 is 2.53 bits per heavy atom. The fourth-order valence-electron chi connectivity index (χ4n) is 2.16. The molecule has 3 aromatic rings. The summed E-state index contributed by atoms with van der Waals surface area (Å²) in [5.41, 5.74) is 10.1. The second-order valence-electron chi connectivity index (χ2n) is 4.01. The van der Waals surface area contributed by atoms with Crippen molar-refractivity contribution in [3.05, 3.63) is 60.4 Å². The van der Waals surface area contributed by atoms with Crippen LogP contribution in [-0.4, -0.2) is 0 Å². The average Bonchev–Trinajstić information content (AvgIpc) is 2.83. The van der Waals surface area contributed by atoms with Crippen molar-refractivity contribution >= 4 is 11.0 Å². The lowest BCUT2D eigenvalue weighted by Gasteiger charge is -2.02. The standard InChI is InChI=1S/C15H13NO/c16-9-12-7-4-8-14-15(12)13(10-17-14)11-5-2-1-3-6-11/h1-8,10H,9,16H2. The first-order valence-electron chi connectivity index (χ1n) is 5.65. The summed E-state index contributed by atoms with van der Waals surface area (Å²) in [7, 11) is 0. The Morgan fingerprint density at radius 2 is 1.76 bits per heavy atom. The molecule has 0 radical (unpaired) electrons. The van der Waals surface area contributed by atoms with E-state index in [2.05, 4.69) is 12.1 Å². The molecule has 0 aliphatic carbocycles. The molecule has 3 rings (SSSR count). The van der Waals surface area contributed by atoms with Crippen molar-refractivity contribution in [2.45, 2.75) is 6.54 Å². The molecule has 2 heteroatoms. The topological polar surface area (TPSA) is 39.2 Å². The summed E-state index contributed by atoms with van der Waals surface area (Å²) in [5.74, 6) is 0. The molecule has 2 aromatic carbocycles. The maximum atomic E-state index is 5.78. The van der Waals surface area contributed by atoms with Gasteiger partial charge in [0, 0.05) is 17.5 Å². The molecule has 0 atom stereocenters. The molecule has 0 aliphatic heterocycles. The van der Waals surface area contributed by atoms with Crippen LogP contribution in [0.4, 0.5) is 0 Å². The van der Waals surface area contributed by atoms with E-state index in [9.17, 15) is 0 Å². The Morgan fingerprint density at radius 1 is 0.941 bits per heavy atom. The zero-order chi connectivity index (χ0) is 11.7. The van der Waals surface area contributed by atoms with E-state index in [0.29, 0.717) is 6.54 Å². The molecule has 0 spiro atoms. The van der Waals surface area contributed by atoms with E-state index in [1.54, 1.807) is 6.26 Å². The highest BCUT2D eigenvalue weighted by Gasteiger charge is 2.10. The van der Waals surface area contributed by atoms with Crippen LogP contribution in [0.25, 0.3) is 22.1 Å². The van der Waals surface area contributed by atoms with Crippen molar-refractivity contribution in [1.82, 2.24) is 0 Å². The normalized spacial score (nSPS) is 10.9. The molecule has 1 aromatic heterocycles. The van der Waals surface area contributed by atoms with Gasteiger partial charge in [-0.1, -0.05) is 42.5 Å². The molecule has 17 heavy (non-hydrogen) atoms. The predicted octanol–water partition coefficient (Wildman–Crippen LogP) is 3.56. The van der Waals surface area contributed by atoms with E-state index in [1.807, 2.05) is 36.4 Å². The smallest absolute Gasteiger partial charge is 0.134 e. The maximum absolute atomic E-state index is 5.78. The zero-order valence-electron chi connectivity index (χ0n) is 9.39. The van der Waals surface area contributed by atoms with Crippen LogP contribution >= 0.6 is 0 Å². The van der Waals surface area contributed by atoms with Crippen LogP contribution < -0.4 is 5.73 Å². The molecule has 0 saturated carbocycles. The third kappa shape index (κ3) is 1.63. The van der Waals surface area contributed by atoms with Crippen LogP contribution in [0.3, 0.4) is 0 Å². The van der Waals surface area contributed by atoms with E-state index in [4.69, 9.17) is 10.2 Å². The van der Waals surface area contributed by atoms with Gasteiger partial charge in [0.15, 0.2) is 0 Å². The lowest BCUT2D eigenvalue weighted by molar-refractivity contribution is 0.617. The lowest BCUT2D eigenvalue weighted by atomic mass is 10.0. The first-order valence-corrected chi connectivity index (χ1v) is 5.65. The first-order chi connectivity index (χ1) is 8.40.